The Bertz CT molecular complexity index is 356. The highest BCUT2D eigenvalue weighted by molar-refractivity contribution is 5.81. The predicted molar refractivity (Wildman–Crippen MR) is 67.9 cm³/mol. The lowest BCUT2D eigenvalue weighted by atomic mass is 9.80. The third-order valence-electron chi connectivity index (χ3n) is 3.99. The summed E-state index contributed by atoms with van der Waals surface area (Å²) < 4.78 is 20.6. The molecule has 114 valence electrons. The van der Waals surface area contributed by atoms with E-state index in [1.54, 1.807) is 0 Å². The van der Waals surface area contributed by atoms with Crippen LogP contribution in [0.2, 0.25) is 0 Å². The van der Waals surface area contributed by atoms with E-state index in [4.69, 9.17) is 14.2 Å². The van der Waals surface area contributed by atoms with Gasteiger partial charge >= 0.3 is 12.1 Å². The van der Waals surface area contributed by atoms with Crippen LogP contribution in [0.3, 0.4) is 0 Å². The van der Waals surface area contributed by atoms with Gasteiger partial charge in [-0.2, -0.15) is 0 Å². The van der Waals surface area contributed by atoms with Gasteiger partial charge in [0.1, 0.15) is 6.04 Å². The molecule has 1 N–H and O–H groups in total. The molecular formula is C13H21NO6. The number of methoxy groups -OCH3 is 2. The minimum absolute atomic E-state index is 0.0000231. The minimum Gasteiger partial charge on any atom is -0.467 e. The molecule has 0 bridgehead atoms. The van der Waals surface area contributed by atoms with E-state index < -0.39 is 23.9 Å². The quantitative estimate of drug-likeness (QED) is 0.774. The lowest BCUT2D eigenvalue weighted by Crippen LogP contribution is -2.49. The fourth-order valence-corrected chi connectivity index (χ4v) is 2.88. The zero-order chi connectivity index (χ0) is 14.6. The lowest BCUT2D eigenvalue weighted by molar-refractivity contribution is -0.185. The van der Waals surface area contributed by atoms with Crippen molar-refractivity contribution in [2.45, 2.75) is 37.5 Å². The molecule has 1 heterocycles. The van der Waals surface area contributed by atoms with Crippen molar-refractivity contribution in [2.24, 2.45) is 5.92 Å². The number of hydrogen-bond acceptors (Lipinski definition) is 6. The van der Waals surface area contributed by atoms with E-state index in [0.717, 1.165) is 12.8 Å². The van der Waals surface area contributed by atoms with Crippen LogP contribution in [0.25, 0.3) is 0 Å². The number of amides is 1. The van der Waals surface area contributed by atoms with Crippen molar-refractivity contribution < 1.29 is 28.5 Å². The molecule has 0 aromatic carbocycles. The summed E-state index contributed by atoms with van der Waals surface area (Å²) in [7, 11) is 2.57. The van der Waals surface area contributed by atoms with Crippen molar-refractivity contribution in [2.75, 3.05) is 27.4 Å². The number of alkyl carbamates (subject to hydrolysis) is 1. The minimum atomic E-state index is -0.689. The monoisotopic (exact) mass is 287 g/mol. The first-order chi connectivity index (χ1) is 9.60. The van der Waals surface area contributed by atoms with Crippen molar-refractivity contribution in [1.82, 2.24) is 5.32 Å². The Morgan fingerprint density at radius 3 is 2.25 bits per heavy atom. The molecule has 20 heavy (non-hydrogen) atoms. The van der Waals surface area contributed by atoms with Gasteiger partial charge in [-0.15, -0.1) is 0 Å². The summed E-state index contributed by atoms with van der Waals surface area (Å²) >= 11 is 0. The highest BCUT2D eigenvalue weighted by Gasteiger charge is 2.43. The molecule has 0 aromatic heterocycles. The first-order valence-electron chi connectivity index (χ1n) is 6.80. The molecule has 1 amide bonds. The molecule has 2 rings (SSSR count). The molecule has 1 aliphatic carbocycles. The van der Waals surface area contributed by atoms with Gasteiger partial charge in [-0.1, -0.05) is 0 Å². The Balaban J connectivity index is 1.96. The van der Waals surface area contributed by atoms with Crippen LogP contribution in [0, 0.1) is 5.92 Å². The SMILES string of the molecule is COC(=O)NC(C(=O)OC)C1CCC2(CC1)OCCO2. The van der Waals surface area contributed by atoms with Crippen LogP contribution in [0.5, 0.6) is 0 Å². The molecule has 2 aliphatic rings. The summed E-state index contributed by atoms with van der Waals surface area (Å²) in [5, 5.41) is 2.55. The maximum atomic E-state index is 11.8. The fourth-order valence-electron chi connectivity index (χ4n) is 2.88. The van der Waals surface area contributed by atoms with Crippen LogP contribution in [0.4, 0.5) is 4.79 Å². The van der Waals surface area contributed by atoms with E-state index in [0.29, 0.717) is 26.1 Å². The molecule has 1 atom stereocenters. The smallest absolute Gasteiger partial charge is 0.407 e. The number of hydrogen-bond donors (Lipinski definition) is 1. The van der Waals surface area contributed by atoms with Crippen molar-refractivity contribution in [3.05, 3.63) is 0 Å². The molecule has 1 spiro atoms. The number of ether oxygens (including phenoxy) is 4. The molecule has 1 unspecified atom stereocenters. The highest BCUT2D eigenvalue weighted by atomic mass is 16.7. The molecule has 0 radical (unpaired) electrons. The fraction of sp³-hybridized carbons (Fsp3) is 0.846. The van der Waals surface area contributed by atoms with Crippen LogP contribution in [-0.4, -0.2) is 51.3 Å². The van der Waals surface area contributed by atoms with Gasteiger partial charge in [0.15, 0.2) is 5.79 Å². The van der Waals surface area contributed by atoms with E-state index in [2.05, 4.69) is 10.1 Å². The van der Waals surface area contributed by atoms with Gasteiger partial charge in [0.05, 0.1) is 27.4 Å². The standard InChI is InChI=1S/C13H21NO6/c1-17-11(15)10(14-12(16)18-2)9-3-5-13(6-4-9)19-7-8-20-13/h9-10H,3-8H2,1-2H3,(H,14,16). The topological polar surface area (TPSA) is 83.1 Å². The first kappa shape index (κ1) is 15.1. The van der Waals surface area contributed by atoms with Crippen molar-refractivity contribution in [3.63, 3.8) is 0 Å². The van der Waals surface area contributed by atoms with Crippen molar-refractivity contribution in [3.8, 4) is 0 Å². The van der Waals surface area contributed by atoms with E-state index >= 15 is 0 Å². The predicted octanol–water partition coefficient (Wildman–Crippen LogP) is 0.817. The van der Waals surface area contributed by atoms with Gasteiger partial charge in [-0.05, 0) is 18.8 Å². The summed E-state index contributed by atoms with van der Waals surface area (Å²) in [6, 6.07) is -0.689. The molecule has 2 fully saturated rings. The third-order valence-corrected chi connectivity index (χ3v) is 3.99. The molecule has 1 saturated heterocycles. The Hall–Kier alpha value is -1.34. The number of nitrogens with one attached hydrogen (secondary N) is 1. The van der Waals surface area contributed by atoms with Gasteiger partial charge in [-0.25, -0.2) is 9.59 Å². The Morgan fingerprint density at radius 2 is 1.75 bits per heavy atom. The molecule has 7 heteroatoms. The van der Waals surface area contributed by atoms with E-state index in [-0.39, 0.29) is 5.92 Å². The molecule has 1 aliphatic heterocycles. The maximum Gasteiger partial charge on any atom is 0.407 e. The Labute approximate surface area is 117 Å². The molecule has 0 aromatic rings. The Kier molecular flexibility index (Phi) is 4.82. The Morgan fingerprint density at radius 1 is 1.15 bits per heavy atom. The van der Waals surface area contributed by atoms with Crippen LogP contribution in [0.15, 0.2) is 0 Å². The average Bonchev–Trinajstić information content (AvgIpc) is 2.93. The summed E-state index contributed by atoms with van der Waals surface area (Å²) in [5.74, 6) is -0.938. The normalized spacial score (nSPS) is 23.3. The summed E-state index contributed by atoms with van der Waals surface area (Å²) in [6.45, 7) is 1.23. The summed E-state index contributed by atoms with van der Waals surface area (Å²) in [5.41, 5.74) is 0. The van der Waals surface area contributed by atoms with Crippen LogP contribution in [-0.2, 0) is 23.7 Å². The molecular weight excluding hydrogens is 266 g/mol. The number of rotatable bonds is 3. The largest absolute Gasteiger partial charge is 0.467 e. The summed E-state index contributed by atoms with van der Waals surface area (Å²) in [6.07, 6.45) is 2.25. The van der Waals surface area contributed by atoms with E-state index in [9.17, 15) is 9.59 Å². The van der Waals surface area contributed by atoms with Gasteiger partial charge < -0.3 is 24.3 Å². The van der Waals surface area contributed by atoms with E-state index in [1.807, 2.05) is 0 Å². The van der Waals surface area contributed by atoms with Crippen molar-refractivity contribution in [1.29, 1.82) is 0 Å². The van der Waals surface area contributed by atoms with Crippen molar-refractivity contribution >= 4 is 12.1 Å². The number of carbonyl (C=O) groups excluding carboxylic acids is 2. The van der Waals surface area contributed by atoms with Gasteiger partial charge in [0.25, 0.3) is 0 Å². The average molecular weight is 287 g/mol. The highest BCUT2D eigenvalue weighted by Crippen LogP contribution is 2.39. The van der Waals surface area contributed by atoms with Crippen LogP contribution in [0.1, 0.15) is 25.7 Å². The third kappa shape index (κ3) is 3.21. The second-order valence-corrected chi connectivity index (χ2v) is 5.08. The van der Waals surface area contributed by atoms with Crippen LogP contribution < -0.4 is 5.32 Å². The maximum absolute atomic E-state index is 11.8. The van der Waals surface area contributed by atoms with E-state index in [1.165, 1.54) is 14.2 Å². The van der Waals surface area contributed by atoms with Gasteiger partial charge in [0, 0.05) is 12.8 Å². The zero-order valence-corrected chi connectivity index (χ0v) is 11.8. The summed E-state index contributed by atoms with van der Waals surface area (Å²) in [4.78, 5) is 23.2. The number of carbonyl (C=O) groups is 2. The molecule has 7 nitrogen and oxygen atoms in total. The first-order valence-corrected chi connectivity index (χ1v) is 6.80. The molecule has 1 saturated carbocycles. The lowest BCUT2D eigenvalue weighted by Gasteiger charge is -2.37. The van der Waals surface area contributed by atoms with Crippen LogP contribution >= 0.6 is 0 Å². The zero-order valence-electron chi connectivity index (χ0n) is 11.8. The second kappa shape index (κ2) is 6.41. The number of esters is 1. The van der Waals surface area contributed by atoms with Gasteiger partial charge in [0.2, 0.25) is 0 Å². The van der Waals surface area contributed by atoms with Gasteiger partial charge in [-0.3, -0.25) is 0 Å². The second-order valence-electron chi connectivity index (χ2n) is 5.08.